The third kappa shape index (κ3) is 53.8. The topological polar surface area (TPSA) is 210 Å². The van der Waals surface area contributed by atoms with Gasteiger partial charge in [0.15, 0.2) is 0 Å². The van der Waals surface area contributed by atoms with Crippen molar-refractivity contribution in [2.24, 2.45) is 0 Å². The molecular weight excluding hydrogens is 300 g/mol. The largest absolute Gasteiger partial charge is 0.631 e. The second-order valence-electron chi connectivity index (χ2n) is 1.57. The molecule has 13 heteroatoms. The Morgan fingerprint density at radius 1 is 0.588 bits per heavy atom. The first kappa shape index (κ1) is 24.6. The first-order chi connectivity index (χ1) is 7.02. The third-order valence-corrected chi connectivity index (χ3v) is 0.366. The number of carboxylic acid groups (broad SMARTS) is 4. The normalized spacial score (nSPS) is 6.76. The van der Waals surface area contributed by atoms with Crippen molar-refractivity contribution in [1.29, 1.82) is 0 Å². The maximum atomic E-state index is 9.10. The second-order valence-corrected chi connectivity index (χ2v) is 1.57. The van der Waals surface area contributed by atoms with Gasteiger partial charge in [0.25, 0.3) is 0 Å². The van der Waals surface area contributed by atoms with Gasteiger partial charge in [-0.15, -0.1) is 0 Å². The number of carbonyl (C=O) groups is 4. The van der Waals surface area contributed by atoms with Crippen LogP contribution in [0, 0.1) is 0 Å². The Morgan fingerprint density at radius 2 is 0.647 bits per heavy atom. The van der Waals surface area contributed by atoms with Crippen LogP contribution in [-0.2, 0) is 38.7 Å². The van der Waals surface area contributed by atoms with E-state index in [1.54, 1.807) is 0 Å². The van der Waals surface area contributed by atoms with Gasteiger partial charge in [0.05, 0.1) is 0 Å². The minimum absolute atomic E-state index is 0. The van der Waals surface area contributed by atoms with Crippen molar-refractivity contribution in [3.8, 4) is 0 Å². The Balaban J connectivity index is -0.0000000741. The Kier molecular flexibility index (Phi) is 20.9. The first-order valence-electron chi connectivity index (χ1n) is 2.99. The van der Waals surface area contributed by atoms with E-state index in [9.17, 15) is 0 Å². The maximum absolute atomic E-state index is 9.10. The summed E-state index contributed by atoms with van der Waals surface area (Å²) < 4.78 is 0. The van der Waals surface area contributed by atoms with E-state index in [0.29, 0.717) is 0 Å². The fraction of sp³-hybridized carbons (Fsp3) is 0. The second kappa shape index (κ2) is 14.4. The fourth-order valence-corrected chi connectivity index (χ4v) is 0. The predicted octanol–water partition coefficient (Wildman–Crippen LogP) is -3.74. The number of hydrogen-bond donors (Lipinski definition) is 7. The number of aliphatic carboxylic acids is 4. The molecule has 7 N–H and O–H groups in total. The van der Waals surface area contributed by atoms with Gasteiger partial charge in [-0.2, -0.15) is 0 Å². The third-order valence-electron chi connectivity index (χ3n) is 0.366. The van der Waals surface area contributed by atoms with E-state index in [1.807, 2.05) is 0 Å². The molecule has 0 spiro atoms. The summed E-state index contributed by atoms with van der Waals surface area (Å²) in [4.78, 5) is 36.4. The van der Waals surface area contributed by atoms with Crippen LogP contribution in [0.1, 0.15) is 0 Å². The molecule has 94 valence electrons. The Hall–Kier alpha value is -1.55. The van der Waals surface area contributed by atoms with Gasteiger partial charge in [0, 0.05) is 19.5 Å². The van der Waals surface area contributed by atoms with Crippen molar-refractivity contribution >= 4 is 31.2 Å². The Bertz CT molecular complexity index is 211. The van der Waals surface area contributed by atoms with Crippen LogP contribution < -0.4 is 0 Å². The van der Waals surface area contributed by atoms with Crippen LogP contribution >= 0.6 is 0 Å². The summed E-state index contributed by atoms with van der Waals surface area (Å²) in [5, 5.41) is 51.1. The van der Waals surface area contributed by atoms with Crippen LogP contribution in [0.25, 0.3) is 0 Å². The molecule has 0 aliphatic carbocycles. The molecule has 0 aromatic carbocycles. The van der Waals surface area contributed by atoms with Gasteiger partial charge >= 0.3 is 31.2 Å². The molecule has 0 aliphatic rings. The van der Waals surface area contributed by atoms with Crippen molar-refractivity contribution in [1.82, 2.24) is 0 Å². The van der Waals surface area contributed by atoms with Crippen LogP contribution in [0.5, 0.6) is 0 Å². The van der Waals surface area contributed by atoms with E-state index in [0.717, 1.165) is 0 Å². The Morgan fingerprint density at radius 3 is 0.647 bits per heavy atom. The molecule has 0 aliphatic heterocycles. The summed E-state index contributed by atoms with van der Waals surface area (Å²) in [6, 6.07) is 0. The number of rotatable bonds is 0. The standard InChI is InChI=1S/2C2H2O4.BH3O3.Zn/c2*3-1(4)2(5)6;2-1(3)4;/h2*(H,3,4)(H,5,6);2-4H;. The Labute approximate surface area is 106 Å². The smallest absolute Gasteiger partial charge is 0.473 e. The molecule has 0 fully saturated rings. The fourth-order valence-electron chi connectivity index (χ4n) is 0. The van der Waals surface area contributed by atoms with Gasteiger partial charge in [-0.1, -0.05) is 0 Å². The molecule has 0 saturated heterocycles. The predicted molar refractivity (Wildman–Crippen MR) is 43.0 cm³/mol. The molecule has 11 nitrogen and oxygen atoms in total. The van der Waals surface area contributed by atoms with E-state index in [-0.39, 0.29) is 19.5 Å². The van der Waals surface area contributed by atoms with E-state index >= 15 is 0 Å². The summed E-state index contributed by atoms with van der Waals surface area (Å²) in [5.74, 6) is -7.30. The molecule has 0 unspecified atom stereocenters. The SMILES string of the molecule is O=C(O)C(=O)O.O=C(O)C(=O)O.OB(O)O.[Zn]. The monoisotopic (exact) mass is 306 g/mol. The van der Waals surface area contributed by atoms with Crippen molar-refractivity contribution in [3.05, 3.63) is 0 Å². The van der Waals surface area contributed by atoms with Crippen molar-refractivity contribution < 1.29 is 74.2 Å². The average molecular weight is 307 g/mol. The van der Waals surface area contributed by atoms with Crippen LogP contribution in [0.15, 0.2) is 0 Å². The van der Waals surface area contributed by atoms with Gasteiger partial charge < -0.3 is 35.5 Å². The number of hydrogen-bond acceptors (Lipinski definition) is 7. The van der Waals surface area contributed by atoms with Crippen LogP contribution in [-0.4, -0.2) is 66.7 Å². The summed E-state index contributed by atoms with van der Waals surface area (Å²) in [5.41, 5.74) is 0. The average Bonchev–Trinajstić information content (AvgIpc) is 2.03. The summed E-state index contributed by atoms with van der Waals surface area (Å²) in [6.07, 6.45) is 0. The summed E-state index contributed by atoms with van der Waals surface area (Å²) in [6.45, 7) is 0. The first-order valence-corrected chi connectivity index (χ1v) is 2.99. The van der Waals surface area contributed by atoms with Gasteiger partial charge in [-0.25, -0.2) is 19.2 Å². The van der Waals surface area contributed by atoms with Crippen molar-refractivity contribution in [2.45, 2.75) is 0 Å². The minimum Gasteiger partial charge on any atom is -0.473 e. The molecule has 0 saturated carbocycles. The molecule has 0 amide bonds. The van der Waals surface area contributed by atoms with Crippen LogP contribution in [0.2, 0.25) is 0 Å². The molecule has 17 heavy (non-hydrogen) atoms. The van der Waals surface area contributed by atoms with Gasteiger partial charge in [-0.05, 0) is 0 Å². The molecule has 0 aromatic heterocycles. The van der Waals surface area contributed by atoms with Gasteiger partial charge in [0.1, 0.15) is 0 Å². The molecule has 0 radical (unpaired) electrons. The van der Waals surface area contributed by atoms with E-state index in [2.05, 4.69) is 0 Å². The minimum atomic E-state index is -2.17. The zero-order chi connectivity index (χ0) is 13.9. The maximum Gasteiger partial charge on any atom is 0.631 e. The van der Waals surface area contributed by atoms with Gasteiger partial charge in [0.2, 0.25) is 0 Å². The summed E-state index contributed by atoms with van der Waals surface area (Å²) >= 11 is 0. The zero-order valence-corrected chi connectivity index (χ0v) is 11.0. The quantitative estimate of drug-likeness (QED) is 0.171. The van der Waals surface area contributed by atoms with Crippen LogP contribution in [0.4, 0.5) is 0 Å². The summed E-state index contributed by atoms with van der Waals surface area (Å²) in [7, 11) is -2.17. The van der Waals surface area contributed by atoms with E-state index < -0.39 is 31.2 Å². The van der Waals surface area contributed by atoms with Gasteiger partial charge in [-0.3, -0.25) is 0 Å². The molecule has 0 heterocycles. The van der Waals surface area contributed by atoms with E-state index in [1.165, 1.54) is 0 Å². The zero-order valence-electron chi connectivity index (χ0n) is 8.05. The molecule has 0 atom stereocenters. The van der Waals surface area contributed by atoms with Crippen molar-refractivity contribution in [2.75, 3.05) is 0 Å². The molecule has 0 aromatic rings. The number of carboxylic acids is 4. The molecular formula is C4H7BO11Zn. The molecule has 0 rings (SSSR count). The van der Waals surface area contributed by atoms with Crippen LogP contribution in [0.3, 0.4) is 0 Å². The van der Waals surface area contributed by atoms with Crippen molar-refractivity contribution in [3.63, 3.8) is 0 Å². The molecule has 0 bridgehead atoms. The van der Waals surface area contributed by atoms with E-state index in [4.69, 9.17) is 54.7 Å².